The molecule has 13 heavy (non-hydrogen) atoms. The predicted molar refractivity (Wildman–Crippen MR) is 45.5 cm³/mol. The maximum atomic E-state index is 12.8. The summed E-state index contributed by atoms with van der Waals surface area (Å²) in [5.74, 6) is 0.311. The summed E-state index contributed by atoms with van der Waals surface area (Å²) in [7, 11) is 0. The van der Waals surface area contributed by atoms with Crippen LogP contribution in [0.15, 0.2) is 28.8 Å². The first-order valence-electron chi connectivity index (χ1n) is 3.87. The summed E-state index contributed by atoms with van der Waals surface area (Å²) in [4.78, 5) is 0. The molecule has 1 heterocycles. The Morgan fingerprint density at radius 2 is 2.31 bits per heavy atom. The van der Waals surface area contributed by atoms with Gasteiger partial charge in [0.2, 0.25) is 0 Å². The van der Waals surface area contributed by atoms with E-state index in [4.69, 9.17) is 4.52 Å². The van der Waals surface area contributed by atoms with Crippen LogP contribution < -0.4 is 0 Å². The monoisotopic (exact) mass is 176 g/mol. The quantitative estimate of drug-likeness (QED) is 0.667. The average Bonchev–Trinajstić information content (AvgIpc) is 2.52. The fourth-order valence-corrected chi connectivity index (χ4v) is 1.09. The molecule has 0 spiro atoms. The molecule has 0 fully saturated rings. The van der Waals surface area contributed by atoms with E-state index in [1.807, 2.05) is 0 Å². The Morgan fingerprint density at radius 1 is 1.46 bits per heavy atom. The van der Waals surface area contributed by atoms with Gasteiger partial charge in [-0.25, -0.2) is 4.39 Å². The third kappa shape index (κ3) is 1.59. The molecule has 65 valence electrons. The fourth-order valence-electron chi connectivity index (χ4n) is 1.09. The van der Waals surface area contributed by atoms with Crippen molar-refractivity contribution in [1.29, 1.82) is 0 Å². The van der Waals surface area contributed by atoms with Gasteiger partial charge in [0.05, 0.1) is 6.07 Å². The summed E-state index contributed by atoms with van der Waals surface area (Å²) < 4.78 is 17.6. The summed E-state index contributed by atoms with van der Waals surface area (Å²) in [5.41, 5.74) is 1.22. The summed E-state index contributed by atoms with van der Waals surface area (Å²) in [6, 6.07) is 9.05. The van der Waals surface area contributed by atoms with E-state index in [-0.39, 0.29) is 5.82 Å². The van der Waals surface area contributed by atoms with Crippen molar-refractivity contribution in [2.75, 3.05) is 0 Å². The number of nitrogens with zero attached hydrogens (tertiary/aromatic N) is 1. The average molecular weight is 176 g/mol. The Kier molecular flexibility index (Phi) is 1.85. The van der Waals surface area contributed by atoms with Crippen LogP contribution in [0.5, 0.6) is 0 Å². The Hall–Kier alpha value is -1.64. The summed E-state index contributed by atoms with van der Waals surface area (Å²) in [6.45, 7) is 1.75. The first-order chi connectivity index (χ1) is 6.25. The predicted octanol–water partition coefficient (Wildman–Crippen LogP) is 2.59. The lowest BCUT2D eigenvalue weighted by atomic mass is 10.1. The highest BCUT2D eigenvalue weighted by Crippen LogP contribution is 2.18. The van der Waals surface area contributed by atoms with Gasteiger partial charge in [-0.05, 0) is 19.1 Å². The van der Waals surface area contributed by atoms with Crippen LogP contribution in [0.2, 0.25) is 0 Å². The normalized spacial score (nSPS) is 10.3. The largest absolute Gasteiger partial charge is 0.360 e. The maximum absolute atomic E-state index is 12.8. The van der Waals surface area contributed by atoms with Gasteiger partial charge < -0.3 is 4.52 Å². The van der Waals surface area contributed by atoms with Crippen LogP contribution in [-0.4, -0.2) is 5.16 Å². The van der Waals surface area contributed by atoms with E-state index >= 15 is 0 Å². The minimum Gasteiger partial charge on any atom is -0.360 e. The molecule has 0 N–H and O–H groups in total. The van der Waals surface area contributed by atoms with Crippen molar-refractivity contribution in [3.8, 4) is 11.3 Å². The van der Waals surface area contributed by atoms with Crippen LogP contribution in [0, 0.1) is 18.8 Å². The van der Waals surface area contributed by atoms with Gasteiger partial charge in [0, 0.05) is 5.56 Å². The van der Waals surface area contributed by atoms with E-state index in [1.165, 1.54) is 12.1 Å². The molecular formula is C10H7FNO. The van der Waals surface area contributed by atoms with Crippen molar-refractivity contribution in [1.82, 2.24) is 5.16 Å². The molecule has 0 saturated carbocycles. The standard InChI is InChI=1S/C10H7FNO/c1-7-5-10(12-13-7)8-3-2-4-9(11)6-8/h2-4,6H,1H3. The Labute approximate surface area is 75.0 Å². The van der Waals surface area contributed by atoms with Crippen molar-refractivity contribution in [3.05, 3.63) is 41.9 Å². The van der Waals surface area contributed by atoms with Gasteiger partial charge in [-0.2, -0.15) is 0 Å². The molecule has 0 atom stereocenters. The minimum absolute atomic E-state index is 0.286. The zero-order valence-corrected chi connectivity index (χ0v) is 7.04. The highest BCUT2D eigenvalue weighted by atomic mass is 19.1. The smallest absolute Gasteiger partial charge is 0.142 e. The summed E-state index contributed by atoms with van der Waals surface area (Å²) in [5, 5.41) is 3.73. The Morgan fingerprint density at radius 3 is 2.92 bits per heavy atom. The Balaban J connectivity index is 2.46. The molecule has 2 aromatic rings. The third-order valence-electron chi connectivity index (χ3n) is 1.67. The number of benzene rings is 1. The number of aromatic nitrogens is 1. The molecule has 0 aliphatic heterocycles. The SMILES string of the molecule is Cc1[c]c(-c2cccc(F)c2)no1. The maximum Gasteiger partial charge on any atom is 0.142 e. The molecule has 0 bridgehead atoms. The van der Waals surface area contributed by atoms with Crippen molar-refractivity contribution in [2.45, 2.75) is 6.92 Å². The number of hydrogen-bond acceptors (Lipinski definition) is 2. The van der Waals surface area contributed by atoms with E-state index in [1.54, 1.807) is 19.1 Å². The molecule has 3 heteroatoms. The van der Waals surface area contributed by atoms with Crippen molar-refractivity contribution < 1.29 is 8.91 Å². The number of rotatable bonds is 1. The van der Waals surface area contributed by atoms with Gasteiger partial charge in [0.1, 0.15) is 17.3 Å². The zero-order valence-electron chi connectivity index (χ0n) is 7.04. The van der Waals surface area contributed by atoms with Crippen LogP contribution in [0.3, 0.4) is 0 Å². The van der Waals surface area contributed by atoms with E-state index in [0.717, 1.165) is 0 Å². The van der Waals surface area contributed by atoms with Gasteiger partial charge in [-0.3, -0.25) is 0 Å². The summed E-state index contributed by atoms with van der Waals surface area (Å²) >= 11 is 0. The van der Waals surface area contributed by atoms with Gasteiger partial charge in [0.25, 0.3) is 0 Å². The molecule has 2 nitrogen and oxygen atoms in total. The third-order valence-corrected chi connectivity index (χ3v) is 1.67. The topological polar surface area (TPSA) is 26.0 Å². The second kappa shape index (κ2) is 3.01. The van der Waals surface area contributed by atoms with Crippen molar-refractivity contribution in [2.24, 2.45) is 0 Å². The molecule has 0 aliphatic carbocycles. The van der Waals surface area contributed by atoms with E-state index in [0.29, 0.717) is 17.0 Å². The van der Waals surface area contributed by atoms with Crippen LogP contribution in [0.4, 0.5) is 4.39 Å². The van der Waals surface area contributed by atoms with E-state index in [2.05, 4.69) is 11.2 Å². The van der Waals surface area contributed by atoms with Gasteiger partial charge in [0.15, 0.2) is 0 Å². The number of hydrogen-bond donors (Lipinski definition) is 0. The van der Waals surface area contributed by atoms with Crippen LogP contribution in [0.1, 0.15) is 5.76 Å². The van der Waals surface area contributed by atoms with Gasteiger partial charge in [-0.15, -0.1) is 0 Å². The highest BCUT2D eigenvalue weighted by Gasteiger charge is 2.04. The lowest BCUT2D eigenvalue weighted by Crippen LogP contribution is -1.78. The molecule has 1 radical (unpaired) electrons. The molecule has 0 aliphatic rings. The molecular weight excluding hydrogens is 169 g/mol. The fraction of sp³-hybridized carbons (Fsp3) is 0.100. The highest BCUT2D eigenvalue weighted by molar-refractivity contribution is 5.57. The van der Waals surface area contributed by atoms with Crippen LogP contribution >= 0.6 is 0 Å². The van der Waals surface area contributed by atoms with E-state index < -0.39 is 0 Å². The number of aryl methyl sites for hydroxylation is 1. The van der Waals surface area contributed by atoms with Crippen molar-refractivity contribution >= 4 is 0 Å². The van der Waals surface area contributed by atoms with Gasteiger partial charge in [-0.1, -0.05) is 17.3 Å². The molecule has 0 saturated heterocycles. The second-order valence-electron chi connectivity index (χ2n) is 2.72. The second-order valence-corrected chi connectivity index (χ2v) is 2.72. The van der Waals surface area contributed by atoms with E-state index in [9.17, 15) is 4.39 Å². The van der Waals surface area contributed by atoms with Crippen molar-refractivity contribution in [3.63, 3.8) is 0 Å². The Bertz CT molecular complexity index is 422. The lowest BCUT2D eigenvalue weighted by molar-refractivity contribution is 0.399. The minimum atomic E-state index is -0.286. The lowest BCUT2D eigenvalue weighted by Gasteiger charge is -1.93. The van der Waals surface area contributed by atoms with Gasteiger partial charge >= 0.3 is 0 Å². The molecule has 1 aromatic carbocycles. The molecule has 0 unspecified atom stereocenters. The molecule has 1 aromatic heterocycles. The van der Waals surface area contributed by atoms with Crippen LogP contribution in [-0.2, 0) is 0 Å². The van der Waals surface area contributed by atoms with Crippen LogP contribution in [0.25, 0.3) is 11.3 Å². The molecule has 0 amide bonds. The summed E-state index contributed by atoms with van der Waals surface area (Å²) in [6.07, 6.45) is 0. The zero-order chi connectivity index (χ0) is 9.26. The number of halogens is 1. The first kappa shape index (κ1) is 7.98. The first-order valence-corrected chi connectivity index (χ1v) is 3.87. The molecule has 2 rings (SSSR count).